The molecule has 0 saturated heterocycles. The number of aryl methyl sites for hydroxylation is 1. The van der Waals surface area contributed by atoms with Crippen molar-refractivity contribution in [3.63, 3.8) is 0 Å². The molecule has 0 atom stereocenters. The van der Waals surface area contributed by atoms with E-state index in [1.165, 1.54) is 17.5 Å². The van der Waals surface area contributed by atoms with Crippen molar-refractivity contribution >= 4 is 0 Å². The first-order valence-electron chi connectivity index (χ1n) is 5.78. The average molecular weight is 204 g/mol. The van der Waals surface area contributed by atoms with Gasteiger partial charge in [-0.2, -0.15) is 0 Å². The second-order valence-electron chi connectivity index (χ2n) is 6.44. The Balaban J connectivity index is 3.01. The third-order valence-electron chi connectivity index (χ3n) is 2.85. The van der Waals surface area contributed by atoms with Gasteiger partial charge in [-0.15, -0.1) is 0 Å². The van der Waals surface area contributed by atoms with Crippen LogP contribution in [0.25, 0.3) is 0 Å². The van der Waals surface area contributed by atoms with Crippen LogP contribution in [0, 0.1) is 12.3 Å². The molecule has 0 heterocycles. The molecule has 0 unspecified atom stereocenters. The standard InChI is InChI=1S/C15H24/c1-12-9-7-8-10-13(12)15(5,6)11-14(2,3)4/h7-10H,11H2,1-6H3. The number of hydrogen-bond donors (Lipinski definition) is 0. The smallest absolute Gasteiger partial charge is 0.00960 e. The van der Waals surface area contributed by atoms with Crippen molar-refractivity contribution in [2.75, 3.05) is 0 Å². The Morgan fingerprint density at radius 2 is 1.47 bits per heavy atom. The predicted molar refractivity (Wildman–Crippen MR) is 68.3 cm³/mol. The minimum atomic E-state index is 0.267. The molecule has 0 nitrogen and oxygen atoms in total. The molecule has 1 aromatic rings. The lowest BCUT2D eigenvalue weighted by Gasteiger charge is -2.34. The second kappa shape index (κ2) is 4.00. The first-order chi connectivity index (χ1) is 6.72. The monoisotopic (exact) mass is 204 g/mol. The van der Waals surface area contributed by atoms with Crippen LogP contribution < -0.4 is 0 Å². The minimum Gasteiger partial charge on any atom is -0.0620 e. The van der Waals surface area contributed by atoms with Crippen molar-refractivity contribution < 1.29 is 0 Å². The van der Waals surface area contributed by atoms with Crippen molar-refractivity contribution in [1.29, 1.82) is 0 Å². The molecule has 84 valence electrons. The fourth-order valence-electron chi connectivity index (χ4n) is 2.75. The van der Waals surface area contributed by atoms with Crippen molar-refractivity contribution in [3.8, 4) is 0 Å². The molecule has 1 aromatic carbocycles. The van der Waals surface area contributed by atoms with Crippen LogP contribution in [0.3, 0.4) is 0 Å². The van der Waals surface area contributed by atoms with Gasteiger partial charge in [0.15, 0.2) is 0 Å². The van der Waals surface area contributed by atoms with Crippen LogP contribution in [0.15, 0.2) is 24.3 Å². The SMILES string of the molecule is Cc1ccccc1C(C)(C)CC(C)(C)C. The Morgan fingerprint density at radius 3 is 1.93 bits per heavy atom. The molecule has 0 heteroatoms. The Kier molecular flexibility index (Phi) is 3.28. The highest BCUT2D eigenvalue weighted by Gasteiger charge is 2.27. The van der Waals surface area contributed by atoms with E-state index in [0.717, 1.165) is 0 Å². The Hall–Kier alpha value is -0.780. The fraction of sp³-hybridized carbons (Fsp3) is 0.600. The third-order valence-corrected chi connectivity index (χ3v) is 2.85. The van der Waals surface area contributed by atoms with Crippen LogP contribution in [-0.2, 0) is 5.41 Å². The van der Waals surface area contributed by atoms with E-state index in [4.69, 9.17) is 0 Å². The van der Waals surface area contributed by atoms with Crippen LogP contribution in [0.5, 0.6) is 0 Å². The summed E-state index contributed by atoms with van der Waals surface area (Å²) in [7, 11) is 0. The minimum absolute atomic E-state index is 0.267. The van der Waals surface area contributed by atoms with E-state index in [1.54, 1.807) is 0 Å². The summed E-state index contributed by atoms with van der Waals surface area (Å²) in [5.74, 6) is 0. The van der Waals surface area contributed by atoms with E-state index < -0.39 is 0 Å². The average Bonchev–Trinajstić information content (AvgIpc) is 1.99. The van der Waals surface area contributed by atoms with Crippen LogP contribution in [-0.4, -0.2) is 0 Å². The molecule has 0 aromatic heterocycles. The van der Waals surface area contributed by atoms with E-state index in [9.17, 15) is 0 Å². The van der Waals surface area contributed by atoms with Gasteiger partial charge in [0.1, 0.15) is 0 Å². The molecule has 0 N–H and O–H groups in total. The van der Waals surface area contributed by atoms with Gasteiger partial charge in [0, 0.05) is 0 Å². The summed E-state index contributed by atoms with van der Waals surface area (Å²) in [6.45, 7) is 13.8. The molecule has 0 bridgehead atoms. The van der Waals surface area contributed by atoms with E-state index in [0.29, 0.717) is 5.41 Å². The van der Waals surface area contributed by atoms with Gasteiger partial charge in [0.05, 0.1) is 0 Å². The molecule has 15 heavy (non-hydrogen) atoms. The fourth-order valence-corrected chi connectivity index (χ4v) is 2.75. The van der Waals surface area contributed by atoms with Crippen molar-refractivity contribution in [2.45, 2.75) is 53.4 Å². The lowest BCUT2D eigenvalue weighted by Crippen LogP contribution is -2.25. The molecule has 1 rings (SSSR count). The number of rotatable bonds is 2. The van der Waals surface area contributed by atoms with Crippen LogP contribution in [0.4, 0.5) is 0 Å². The van der Waals surface area contributed by atoms with Gasteiger partial charge in [0.2, 0.25) is 0 Å². The maximum Gasteiger partial charge on any atom is -0.00960 e. The Labute approximate surface area is 94.7 Å². The molecule has 0 aliphatic heterocycles. The van der Waals surface area contributed by atoms with Crippen molar-refractivity contribution in [1.82, 2.24) is 0 Å². The second-order valence-corrected chi connectivity index (χ2v) is 6.44. The summed E-state index contributed by atoms with van der Waals surface area (Å²) in [5, 5.41) is 0. The Bertz CT molecular complexity index is 326. The lowest BCUT2D eigenvalue weighted by molar-refractivity contribution is 0.283. The van der Waals surface area contributed by atoms with E-state index in [1.807, 2.05) is 0 Å². The molecule has 0 aliphatic rings. The molecular weight excluding hydrogens is 180 g/mol. The number of benzene rings is 1. The molecule has 0 amide bonds. The van der Waals surface area contributed by atoms with Gasteiger partial charge < -0.3 is 0 Å². The summed E-state index contributed by atoms with van der Waals surface area (Å²) in [5.41, 5.74) is 3.54. The van der Waals surface area contributed by atoms with E-state index >= 15 is 0 Å². The zero-order valence-electron chi connectivity index (χ0n) is 11.0. The predicted octanol–water partition coefficient (Wildman–Crippen LogP) is 4.71. The Morgan fingerprint density at radius 1 is 0.933 bits per heavy atom. The lowest BCUT2D eigenvalue weighted by atomic mass is 9.71. The van der Waals surface area contributed by atoms with Gasteiger partial charge in [-0.3, -0.25) is 0 Å². The molecule has 0 saturated carbocycles. The van der Waals surface area contributed by atoms with Crippen molar-refractivity contribution in [3.05, 3.63) is 35.4 Å². The van der Waals surface area contributed by atoms with Gasteiger partial charge in [-0.1, -0.05) is 58.9 Å². The first kappa shape index (κ1) is 12.3. The summed E-state index contributed by atoms with van der Waals surface area (Å²) in [6, 6.07) is 8.74. The van der Waals surface area contributed by atoms with Crippen LogP contribution >= 0.6 is 0 Å². The molecule has 0 aliphatic carbocycles. The molecule has 0 spiro atoms. The maximum atomic E-state index is 2.35. The largest absolute Gasteiger partial charge is 0.0620 e. The highest BCUT2D eigenvalue weighted by Crippen LogP contribution is 2.37. The topological polar surface area (TPSA) is 0 Å². The molecular formula is C15H24. The van der Waals surface area contributed by atoms with E-state index in [-0.39, 0.29) is 5.41 Å². The third kappa shape index (κ3) is 3.37. The highest BCUT2D eigenvalue weighted by molar-refractivity contribution is 5.32. The zero-order valence-corrected chi connectivity index (χ0v) is 11.0. The van der Waals surface area contributed by atoms with Crippen LogP contribution in [0.1, 0.15) is 52.2 Å². The maximum absolute atomic E-state index is 2.35. The normalized spacial score (nSPS) is 12.9. The van der Waals surface area contributed by atoms with Gasteiger partial charge in [-0.25, -0.2) is 0 Å². The summed E-state index contributed by atoms with van der Waals surface area (Å²) in [4.78, 5) is 0. The summed E-state index contributed by atoms with van der Waals surface area (Å²) in [6.07, 6.45) is 1.21. The quantitative estimate of drug-likeness (QED) is 0.654. The molecule has 0 fully saturated rings. The molecule has 0 radical (unpaired) electrons. The van der Waals surface area contributed by atoms with Gasteiger partial charge in [-0.05, 0) is 35.3 Å². The van der Waals surface area contributed by atoms with Crippen LogP contribution in [0.2, 0.25) is 0 Å². The zero-order chi connectivity index (χ0) is 11.7. The summed E-state index contributed by atoms with van der Waals surface area (Å²) >= 11 is 0. The van der Waals surface area contributed by atoms with Gasteiger partial charge in [0.25, 0.3) is 0 Å². The first-order valence-corrected chi connectivity index (χ1v) is 5.78. The van der Waals surface area contributed by atoms with Crippen molar-refractivity contribution in [2.24, 2.45) is 5.41 Å². The van der Waals surface area contributed by atoms with Gasteiger partial charge >= 0.3 is 0 Å². The summed E-state index contributed by atoms with van der Waals surface area (Å²) < 4.78 is 0. The van der Waals surface area contributed by atoms with E-state index in [2.05, 4.69) is 65.8 Å². The highest BCUT2D eigenvalue weighted by atomic mass is 14.3. The number of hydrogen-bond acceptors (Lipinski definition) is 0.